The van der Waals surface area contributed by atoms with Gasteiger partial charge in [0.1, 0.15) is 17.7 Å². The first-order valence-corrected chi connectivity index (χ1v) is 23.1. The van der Waals surface area contributed by atoms with Crippen LogP contribution in [0.4, 0.5) is 10.5 Å². The molecule has 4 N–H and O–H groups in total. The van der Waals surface area contributed by atoms with E-state index in [1.165, 1.54) is 5.01 Å². The van der Waals surface area contributed by atoms with Gasteiger partial charge in [0.25, 0.3) is 5.91 Å². The Bertz CT molecular complexity index is 2200. The first-order chi connectivity index (χ1) is 30.5. The SMILES string of the molecule is CCn1c(-c2cc(N3CCN4CCOC[C@@H]4C3)cnc2[C@H](C)OC)c(CC(C)(C)CO)c2cc(C3=CCCN(C[C@H](NC(=O)OC(C)(C)C)C(=O)N4CCC[C@@H](C(=O)O)N4)C3)ccc21. The minimum Gasteiger partial charge on any atom is -0.480 e. The number of aliphatic hydroxyl groups is 1. The summed E-state index contributed by atoms with van der Waals surface area (Å²) in [7, 11) is 1.72. The number of aliphatic hydroxyl groups excluding tert-OH is 1. The van der Waals surface area contributed by atoms with Gasteiger partial charge in [-0.05, 0) is 101 Å². The summed E-state index contributed by atoms with van der Waals surface area (Å²) in [6.07, 6.45) is 5.53. The number of benzene rings is 1. The summed E-state index contributed by atoms with van der Waals surface area (Å²) in [5.74, 6) is -1.44. The van der Waals surface area contributed by atoms with E-state index in [1.807, 2.05) is 13.1 Å². The molecule has 4 aliphatic heterocycles. The smallest absolute Gasteiger partial charge is 0.408 e. The number of nitrogens with one attached hydrogen (secondary N) is 2. The Morgan fingerprint density at radius 3 is 2.59 bits per heavy atom. The highest BCUT2D eigenvalue weighted by molar-refractivity contribution is 5.95. The van der Waals surface area contributed by atoms with E-state index in [1.54, 1.807) is 27.9 Å². The van der Waals surface area contributed by atoms with E-state index < -0.39 is 41.1 Å². The maximum atomic E-state index is 14.1. The third-order valence-electron chi connectivity index (χ3n) is 13.0. The summed E-state index contributed by atoms with van der Waals surface area (Å²) >= 11 is 0. The van der Waals surface area contributed by atoms with Gasteiger partial charge in [0.05, 0.1) is 48.6 Å². The second-order valence-electron chi connectivity index (χ2n) is 19.6. The predicted molar refractivity (Wildman–Crippen MR) is 247 cm³/mol. The Balaban J connectivity index is 1.24. The summed E-state index contributed by atoms with van der Waals surface area (Å²) in [6.45, 7) is 21.3. The fourth-order valence-electron chi connectivity index (χ4n) is 9.59. The quantitative estimate of drug-likeness (QED) is 0.169. The molecule has 64 heavy (non-hydrogen) atoms. The minimum atomic E-state index is -1.03. The zero-order valence-corrected chi connectivity index (χ0v) is 39.1. The van der Waals surface area contributed by atoms with Crippen LogP contribution in [-0.2, 0) is 36.8 Å². The van der Waals surface area contributed by atoms with Crippen LogP contribution < -0.4 is 15.6 Å². The molecule has 0 spiro atoms. The van der Waals surface area contributed by atoms with Gasteiger partial charge < -0.3 is 39.2 Å². The van der Waals surface area contributed by atoms with Gasteiger partial charge in [-0.1, -0.05) is 26.0 Å². The first-order valence-electron chi connectivity index (χ1n) is 23.1. The lowest BCUT2D eigenvalue weighted by Gasteiger charge is -2.44. The summed E-state index contributed by atoms with van der Waals surface area (Å²) in [5.41, 5.74) is 10.1. The lowest BCUT2D eigenvalue weighted by Crippen LogP contribution is -2.62. The number of aryl methyl sites for hydroxylation is 1. The van der Waals surface area contributed by atoms with E-state index in [-0.39, 0.29) is 19.3 Å². The molecule has 16 heteroatoms. The molecule has 3 fully saturated rings. The van der Waals surface area contributed by atoms with Crippen LogP contribution in [0.3, 0.4) is 0 Å². The number of ether oxygens (including phenoxy) is 3. The number of pyridine rings is 1. The van der Waals surface area contributed by atoms with Gasteiger partial charge in [-0.15, -0.1) is 0 Å². The van der Waals surface area contributed by atoms with Crippen molar-refractivity contribution in [1.29, 1.82) is 0 Å². The average molecular weight is 887 g/mol. The molecule has 3 aromatic rings. The van der Waals surface area contributed by atoms with Crippen molar-refractivity contribution in [3.8, 4) is 11.3 Å². The van der Waals surface area contributed by atoms with Crippen molar-refractivity contribution >= 4 is 40.1 Å². The number of hydrogen-bond acceptors (Lipinski definition) is 12. The van der Waals surface area contributed by atoms with Crippen molar-refractivity contribution in [1.82, 2.24) is 35.1 Å². The fourth-order valence-corrected chi connectivity index (χ4v) is 9.59. The van der Waals surface area contributed by atoms with Gasteiger partial charge in [0.2, 0.25) is 0 Å². The van der Waals surface area contributed by atoms with Gasteiger partial charge >= 0.3 is 12.1 Å². The Labute approximate surface area is 377 Å². The number of carboxylic acid groups (broad SMARTS) is 1. The number of aliphatic carboxylic acids is 1. The normalized spacial score (nSPS) is 21.3. The van der Waals surface area contributed by atoms with Crippen LogP contribution in [0.2, 0.25) is 0 Å². The summed E-state index contributed by atoms with van der Waals surface area (Å²) in [6, 6.07) is 7.38. The zero-order chi connectivity index (χ0) is 45.9. The number of morpholine rings is 1. The number of amides is 2. The van der Waals surface area contributed by atoms with Crippen LogP contribution >= 0.6 is 0 Å². The third-order valence-corrected chi connectivity index (χ3v) is 13.0. The second-order valence-corrected chi connectivity index (χ2v) is 19.6. The van der Waals surface area contributed by atoms with E-state index in [0.717, 1.165) is 96.1 Å². The van der Waals surface area contributed by atoms with E-state index in [4.69, 9.17) is 19.2 Å². The number of carbonyl (C=O) groups excluding carboxylic acids is 2. The van der Waals surface area contributed by atoms with Gasteiger partial charge in [0, 0.05) is 89.1 Å². The molecule has 7 rings (SSSR count). The molecule has 0 aliphatic carbocycles. The molecular weight excluding hydrogens is 817 g/mol. The number of carboxylic acids is 1. The maximum Gasteiger partial charge on any atom is 0.408 e. The highest BCUT2D eigenvalue weighted by atomic mass is 16.6. The van der Waals surface area contributed by atoms with E-state index in [0.29, 0.717) is 51.5 Å². The number of anilines is 1. The molecule has 2 aromatic heterocycles. The molecule has 4 atom stereocenters. The number of rotatable bonds is 14. The molecule has 16 nitrogen and oxygen atoms in total. The third kappa shape index (κ3) is 10.7. The summed E-state index contributed by atoms with van der Waals surface area (Å²) in [4.78, 5) is 51.3. The molecule has 0 bridgehead atoms. The lowest BCUT2D eigenvalue weighted by atomic mass is 9.84. The van der Waals surface area contributed by atoms with Crippen molar-refractivity contribution < 1.29 is 38.8 Å². The Morgan fingerprint density at radius 2 is 1.88 bits per heavy atom. The van der Waals surface area contributed by atoms with Gasteiger partial charge in [0.15, 0.2) is 0 Å². The second kappa shape index (κ2) is 19.9. The van der Waals surface area contributed by atoms with Crippen molar-refractivity contribution in [2.45, 2.75) is 111 Å². The van der Waals surface area contributed by atoms with Crippen molar-refractivity contribution in [2.24, 2.45) is 5.41 Å². The predicted octanol–water partition coefficient (Wildman–Crippen LogP) is 5.08. The molecule has 0 unspecified atom stereocenters. The molecule has 1 aromatic carbocycles. The van der Waals surface area contributed by atoms with Crippen molar-refractivity contribution in [3.63, 3.8) is 0 Å². The molecule has 350 valence electrons. The lowest BCUT2D eigenvalue weighted by molar-refractivity contribution is -0.148. The number of carbonyl (C=O) groups is 3. The zero-order valence-electron chi connectivity index (χ0n) is 39.1. The van der Waals surface area contributed by atoms with E-state index in [9.17, 15) is 24.6 Å². The van der Waals surface area contributed by atoms with Crippen LogP contribution in [0.5, 0.6) is 0 Å². The fraction of sp³-hybridized carbons (Fsp3) is 0.625. The monoisotopic (exact) mass is 887 g/mol. The standard InChI is InChI=1S/C48H70N8O8/c1-9-55-41-15-14-32(33-12-10-16-52(26-33)28-40(50-46(61)64-47(3,4)5)44(58)56-17-11-13-39(51-56)45(59)60)22-36(41)38(24-48(6,7)30-57)43(55)37-23-34(25-49-42(37)31(2)62-8)54-19-18-53-20-21-63-29-35(53)27-54/h12,14-15,22-23,25,31,35,39-40,51,57H,9-11,13,16-21,24,26-30H2,1-8H3,(H,50,61)(H,59,60)/t31-,35-,39-,40-/m0/s1. The van der Waals surface area contributed by atoms with E-state index >= 15 is 0 Å². The van der Waals surface area contributed by atoms with Crippen molar-refractivity contribution in [3.05, 3.63) is 53.4 Å². The number of piperazine rings is 1. The van der Waals surface area contributed by atoms with Crippen LogP contribution in [0.1, 0.15) is 90.7 Å². The summed E-state index contributed by atoms with van der Waals surface area (Å²) in [5, 5.41) is 25.6. The van der Waals surface area contributed by atoms with Crippen LogP contribution in [0, 0.1) is 5.41 Å². The molecule has 2 amide bonds. The first kappa shape index (κ1) is 47.4. The molecule has 6 heterocycles. The van der Waals surface area contributed by atoms with Gasteiger partial charge in [-0.2, -0.15) is 0 Å². The molecule has 4 aliphatic rings. The van der Waals surface area contributed by atoms with Crippen LogP contribution in [-0.4, -0.2) is 156 Å². The van der Waals surface area contributed by atoms with Crippen LogP contribution in [0.15, 0.2) is 36.5 Å². The summed E-state index contributed by atoms with van der Waals surface area (Å²) < 4.78 is 19.8. The highest BCUT2D eigenvalue weighted by Crippen LogP contribution is 2.43. The average Bonchev–Trinajstić information content (AvgIpc) is 3.58. The molecule has 0 radical (unpaired) electrons. The maximum absolute atomic E-state index is 14.1. The molecule has 3 saturated heterocycles. The number of fused-ring (bicyclic) bond motifs is 2. The van der Waals surface area contributed by atoms with Crippen molar-refractivity contribution in [2.75, 3.05) is 84.2 Å². The number of aromatic nitrogens is 2. The van der Waals surface area contributed by atoms with Gasteiger partial charge in [-0.3, -0.25) is 29.4 Å². The van der Waals surface area contributed by atoms with Gasteiger partial charge in [-0.25, -0.2) is 10.2 Å². The Hall–Kier alpha value is -4.58. The Kier molecular flexibility index (Phi) is 14.7. The van der Waals surface area contributed by atoms with Crippen LogP contribution in [0.25, 0.3) is 27.7 Å². The number of nitrogens with zero attached hydrogens (tertiary/aromatic N) is 6. The topological polar surface area (TPSA) is 174 Å². The number of hydrogen-bond donors (Lipinski definition) is 4. The number of methoxy groups -OCH3 is 1. The van der Waals surface area contributed by atoms with E-state index in [2.05, 4.69) is 81.1 Å². The number of hydrazine groups is 1. The highest BCUT2D eigenvalue weighted by Gasteiger charge is 2.36. The largest absolute Gasteiger partial charge is 0.480 e. The molecular formula is C48H70N8O8. The number of alkyl carbamates (subject to hydrolysis) is 1. The molecule has 0 saturated carbocycles. The minimum absolute atomic E-state index is 0.0134. The Morgan fingerprint density at radius 1 is 1.08 bits per heavy atom.